The Morgan fingerprint density at radius 1 is 0.767 bits per heavy atom. The van der Waals surface area contributed by atoms with Crippen LogP contribution in [-0.4, -0.2) is 73.9 Å². The normalized spacial score (nSPS) is 16.9. The van der Waals surface area contributed by atoms with E-state index in [4.69, 9.17) is 5.11 Å². The van der Waals surface area contributed by atoms with Crippen molar-refractivity contribution in [3.05, 3.63) is 12.2 Å². The fraction of sp³-hybridized carbons (Fsp3) is 0.864. The summed E-state index contributed by atoms with van der Waals surface area (Å²) in [4.78, 5) is 11.6. The zero-order valence-corrected chi connectivity index (χ0v) is 18.2. The molecule has 0 rings (SSSR count). The molecule has 0 aromatic rings. The Labute approximate surface area is 180 Å². The van der Waals surface area contributed by atoms with Gasteiger partial charge in [0.1, 0.15) is 24.4 Å². The highest BCUT2D eigenvalue weighted by atomic mass is 16.6. The molecule has 5 atom stereocenters. The topological polar surface area (TPSA) is 148 Å². The summed E-state index contributed by atoms with van der Waals surface area (Å²) in [6.45, 7) is 1.38. The minimum atomic E-state index is -2.08. The Balaban J connectivity index is 3.81. The molecule has 30 heavy (non-hydrogen) atoms. The van der Waals surface area contributed by atoms with Gasteiger partial charge in [0, 0.05) is 6.08 Å². The van der Waals surface area contributed by atoms with Crippen molar-refractivity contribution in [2.24, 2.45) is 0 Å². The monoisotopic (exact) mass is 434 g/mol. The highest BCUT2D eigenvalue weighted by molar-refractivity contribution is 5.81. The van der Waals surface area contributed by atoms with E-state index in [2.05, 4.69) is 11.7 Å². The Hall–Kier alpha value is -1.03. The van der Waals surface area contributed by atoms with Gasteiger partial charge in [0.25, 0.3) is 0 Å². The van der Waals surface area contributed by atoms with Crippen molar-refractivity contribution in [2.45, 2.75) is 115 Å². The highest BCUT2D eigenvalue weighted by Crippen LogP contribution is 2.12. The van der Waals surface area contributed by atoms with Crippen molar-refractivity contribution in [3.63, 3.8) is 0 Å². The molecule has 8 heteroatoms. The molecule has 0 spiro atoms. The number of aliphatic hydroxyl groups is 6. The molecule has 0 bridgehead atoms. The number of ether oxygens (including phenoxy) is 1. The third kappa shape index (κ3) is 14.1. The van der Waals surface area contributed by atoms with E-state index < -0.39 is 43.3 Å². The van der Waals surface area contributed by atoms with Gasteiger partial charge in [-0.1, -0.05) is 77.2 Å². The molecule has 0 fully saturated rings. The number of hydrogen-bond donors (Lipinski definition) is 6. The van der Waals surface area contributed by atoms with Crippen LogP contribution in [0.15, 0.2) is 12.2 Å². The van der Waals surface area contributed by atoms with Gasteiger partial charge in [-0.2, -0.15) is 0 Å². The number of unbranched alkanes of at least 4 members (excludes halogenated alkanes) is 11. The van der Waals surface area contributed by atoms with Crippen LogP contribution in [-0.2, 0) is 9.53 Å². The SMILES string of the molecule is CCCCCCCCCCCCC/C=C/C(=O)OC(O)[C@H](O)[C@H](O)[C@H](O)[C@@H](O)CO. The summed E-state index contributed by atoms with van der Waals surface area (Å²) in [5.74, 6) is -0.894. The number of aliphatic hydroxyl groups excluding tert-OH is 6. The molecule has 0 heterocycles. The van der Waals surface area contributed by atoms with Crippen molar-refractivity contribution in [1.82, 2.24) is 0 Å². The standard InChI is InChI=1S/C22H42O8/c1-2-3-4-5-6-7-8-9-10-11-12-13-14-15-18(25)30-22(29)21(28)20(27)19(26)17(24)16-23/h14-15,17,19-24,26-29H,2-13,16H2,1H3/b15-14+/t17-,19+,20+,21+,22?/m0/s1. The van der Waals surface area contributed by atoms with Gasteiger partial charge in [-0.3, -0.25) is 0 Å². The Morgan fingerprint density at radius 3 is 1.77 bits per heavy atom. The first-order valence-corrected chi connectivity index (χ1v) is 11.2. The molecule has 8 nitrogen and oxygen atoms in total. The first-order valence-electron chi connectivity index (χ1n) is 11.2. The zero-order valence-electron chi connectivity index (χ0n) is 18.2. The number of carbonyl (C=O) groups excluding carboxylic acids is 1. The third-order valence-electron chi connectivity index (χ3n) is 5.04. The first kappa shape index (κ1) is 29.0. The van der Waals surface area contributed by atoms with E-state index in [-0.39, 0.29) is 0 Å². The number of carbonyl (C=O) groups is 1. The largest absolute Gasteiger partial charge is 0.430 e. The van der Waals surface area contributed by atoms with Gasteiger partial charge in [-0.05, 0) is 12.8 Å². The Morgan fingerprint density at radius 2 is 1.27 bits per heavy atom. The average molecular weight is 435 g/mol. The summed E-state index contributed by atoms with van der Waals surface area (Å²) in [5, 5.41) is 56.4. The quantitative estimate of drug-likeness (QED) is 0.0776. The second-order valence-corrected chi connectivity index (χ2v) is 7.78. The van der Waals surface area contributed by atoms with Crippen LogP contribution in [0.4, 0.5) is 0 Å². The maximum absolute atomic E-state index is 11.6. The lowest BCUT2D eigenvalue weighted by molar-refractivity contribution is -0.210. The zero-order chi connectivity index (χ0) is 22.8. The minimum absolute atomic E-state index is 0.689. The van der Waals surface area contributed by atoms with Gasteiger partial charge >= 0.3 is 5.97 Å². The van der Waals surface area contributed by atoms with Crippen LogP contribution in [0.1, 0.15) is 84.0 Å². The highest BCUT2D eigenvalue weighted by Gasteiger charge is 2.35. The lowest BCUT2D eigenvalue weighted by atomic mass is 10.0. The van der Waals surface area contributed by atoms with Crippen molar-refractivity contribution in [2.75, 3.05) is 6.61 Å². The number of rotatable bonds is 19. The molecule has 0 aliphatic rings. The molecule has 1 unspecified atom stereocenters. The van der Waals surface area contributed by atoms with E-state index in [1.165, 1.54) is 51.4 Å². The summed E-state index contributed by atoms with van der Waals surface area (Å²) < 4.78 is 4.57. The van der Waals surface area contributed by atoms with Crippen molar-refractivity contribution >= 4 is 5.97 Å². The number of esters is 1. The Bertz CT molecular complexity index is 443. The Kier molecular flexibility index (Phi) is 18.1. The lowest BCUT2D eigenvalue weighted by Crippen LogP contribution is -2.50. The second kappa shape index (κ2) is 18.7. The molecule has 0 aromatic carbocycles. The van der Waals surface area contributed by atoms with Gasteiger partial charge in [0.2, 0.25) is 6.29 Å². The molecule has 0 aromatic heterocycles. The van der Waals surface area contributed by atoms with Crippen LogP contribution in [0.25, 0.3) is 0 Å². The molecular weight excluding hydrogens is 392 g/mol. The van der Waals surface area contributed by atoms with Crippen LogP contribution in [0, 0.1) is 0 Å². The summed E-state index contributed by atoms with van der Waals surface area (Å²) in [5.41, 5.74) is 0. The van der Waals surface area contributed by atoms with Crippen LogP contribution in [0.2, 0.25) is 0 Å². The van der Waals surface area contributed by atoms with Crippen molar-refractivity contribution in [3.8, 4) is 0 Å². The minimum Gasteiger partial charge on any atom is -0.430 e. The maximum Gasteiger partial charge on any atom is 0.332 e. The van der Waals surface area contributed by atoms with Gasteiger partial charge in [0.15, 0.2) is 0 Å². The number of allylic oxidation sites excluding steroid dienone is 1. The molecule has 6 N–H and O–H groups in total. The van der Waals surface area contributed by atoms with Crippen molar-refractivity contribution in [1.29, 1.82) is 0 Å². The molecule has 0 aliphatic carbocycles. The van der Waals surface area contributed by atoms with Crippen LogP contribution in [0.3, 0.4) is 0 Å². The fourth-order valence-corrected chi connectivity index (χ4v) is 3.04. The van der Waals surface area contributed by atoms with E-state index >= 15 is 0 Å². The molecular formula is C22H42O8. The van der Waals surface area contributed by atoms with Gasteiger partial charge in [0.05, 0.1) is 6.61 Å². The van der Waals surface area contributed by atoms with Gasteiger partial charge in [-0.15, -0.1) is 0 Å². The molecule has 0 aliphatic heterocycles. The van der Waals surface area contributed by atoms with E-state index in [1.54, 1.807) is 6.08 Å². The van der Waals surface area contributed by atoms with Gasteiger partial charge in [-0.25, -0.2) is 4.79 Å². The molecule has 0 amide bonds. The third-order valence-corrected chi connectivity index (χ3v) is 5.04. The van der Waals surface area contributed by atoms with E-state index in [0.717, 1.165) is 25.3 Å². The molecule has 0 saturated carbocycles. The summed E-state index contributed by atoms with van der Waals surface area (Å²) >= 11 is 0. The predicted molar refractivity (Wildman–Crippen MR) is 113 cm³/mol. The smallest absolute Gasteiger partial charge is 0.332 e. The summed E-state index contributed by atoms with van der Waals surface area (Å²) in [7, 11) is 0. The average Bonchev–Trinajstić information content (AvgIpc) is 2.74. The van der Waals surface area contributed by atoms with Gasteiger partial charge < -0.3 is 35.4 Å². The van der Waals surface area contributed by atoms with Crippen LogP contribution < -0.4 is 0 Å². The maximum atomic E-state index is 11.6. The molecule has 0 saturated heterocycles. The summed E-state index contributed by atoms with van der Waals surface area (Å²) in [6.07, 6.45) is 7.30. The first-order chi connectivity index (χ1) is 14.3. The molecule has 178 valence electrons. The van der Waals surface area contributed by atoms with Crippen molar-refractivity contribution < 1.29 is 40.2 Å². The van der Waals surface area contributed by atoms with E-state index in [0.29, 0.717) is 6.42 Å². The second-order valence-electron chi connectivity index (χ2n) is 7.78. The predicted octanol–water partition coefficient (Wildman–Crippen LogP) is 1.54. The van der Waals surface area contributed by atoms with E-state index in [1.807, 2.05) is 0 Å². The van der Waals surface area contributed by atoms with Crippen LogP contribution in [0.5, 0.6) is 0 Å². The van der Waals surface area contributed by atoms with Crippen LogP contribution >= 0.6 is 0 Å². The number of hydrogen-bond acceptors (Lipinski definition) is 8. The fourth-order valence-electron chi connectivity index (χ4n) is 3.04. The van der Waals surface area contributed by atoms with E-state index in [9.17, 15) is 30.3 Å². The summed E-state index contributed by atoms with van der Waals surface area (Å²) in [6, 6.07) is 0. The molecule has 0 radical (unpaired) electrons. The lowest BCUT2D eigenvalue weighted by Gasteiger charge is -2.27.